The molecule has 0 bridgehead atoms. The Bertz CT molecular complexity index is 1630. The van der Waals surface area contributed by atoms with E-state index in [-0.39, 0.29) is 11.8 Å². The van der Waals surface area contributed by atoms with Crippen LogP contribution in [0.2, 0.25) is 0 Å². The highest BCUT2D eigenvalue weighted by atomic mass is 16.5. The highest BCUT2D eigenvalue weighted by molar-refractivity contribution is 6.10. The zero-order valence-corrected chi connectivity index (χ0v) is 25.7. The molecule has 3 N–H and O–H groups in total. The number of hydrogen-bond donors (Lipinski definition) is 3. The number of methoxy groups -OCH3 is 1. The fourth-order valence-corrected chi connectivity index (χ4v) is 4.84. The molecule has 11 nitrogen and oxygen atoms in total. The second-order valence-electron chi connectivity index (χ2n) is 10.5. The van der Waals surface area contributed by atoms with Crippen molar-refractivity contribution in [1.29, 1.82) is 0 Å². The van der Waals surface area contributed by atoms with Gasteiger partial charge in [0, 0.05) is 69.2 Å². The lowest BCUT2D eigenvalue weighted by molar-refractivity contribution is -0.111. The number of hydrogen-bond acceptors (Lipinski definition) is 8. The third kappa shape index (κ3) is 7.19. The molecule has 2 amide bonds. The van der Waals surface area contributed by atoms with E-state index >= 15 is 0 Å². The Kier molecular flexibility index (Phi) is 10.1. The number of para-hydroxylation sites is 1. The third-order valence-corrected chi connectivity index (χ3v) is 7.15. The molecule has 43 heavy (non-hydrogen) atoms. The Morgan fingerprint density at radius 1 is 1.09 bits per heavy atom. The van der Waals surface area contributed by atoms with Crippen molar-refractivity contribution in [1.82, 2.24) is 24.8 Å². The third-order valence-electron chi connectivity index (χ3n) is 7.15. The summed E-state index contributed by atoms with van der Waals surface area (Å²) in [6, 6.07) is 13.5. The lowest BCUT2D eigenvalue weighted by atomic mass is 10.1. The number of fused-ring (bicyclic) bond motifs is 1. The van der Waals surface area contributed by atoms with Crippen molar-refractivity contribution in [2.45, 2.75) is 6.92 Å². The number of amides is 2. The SMILES string of the molecule is C=CC(=O)Nc1cc(Nc2nccc(-c3c(C(=O)NCCOC)n(C)c4ccccc34)n2)c(C)cc1N(C)CCN(C)C. The maximum absolute atomic E-state index is 13.4. The number of benzene rings is 2. The maximum Gasteiger partial charge on any atom is 0.268 e. The number of nitrogens with zero attached hydrogens (tertiary/aromatic N) is 5. The van der Waals surface area contributed by atoms with E-state index in [1.807, 2.05) is 76.1 Å². The van der Waals surface area contributed by atoms with Gasteiger partial charge in [-0.05, 0) is 56.9 Å². The first-order chi connectivity index (χ1) is 20.6. The summed E-state index contributed by atoms with van der Waals surface area (Å²) in [7, 11) is 9.51. The number of aryl methyl sites for hydroxylation is 2. The van der Waals surface area contributed by atoms with E-state index in [1.165, 1.54) is 6.08 Å². The summed E-state index contributed by atoms with van der Waals surface area (Å²) >= 11 is 0. The molecular formula is C32H40N8O3. The Balaban J connectivity index is 1.73. The van der Waals surface area contributed by atoms with Gasteiger partial charge < -0.3 is 35.1 Å². The van der Waals surface area contributed by atoms with Crippen molar-refractivity contribution in [3.63, 3.8) is 0 Å². The topological polar surface area (TPSA) is 117 Å². The molecule has 0 unspecified atom stereocenters. The predicted molar refractivity (Wildman–Crippen MR) is 173 cm³/mol. The molecule has 0 saturated carbocycles. The molecule has 2 heterocycles. The van der Waals surface area contributed by atoms with Gasteiger partial charge in [-0.25, -0.2) is 9.97 Å². The highest BCUT2D eigenvalue weighted by Gasteiger charge is 2.23. The molecular weight excluding hydrogens is 544 g/mol. The molecule has 2 aromatic carbocycles. The van der Waals surface area contributed by atoms with E-state index in [0.717, 1.165) is 40.9 Å². The van der Waals surface area contributed by atoms with Gasteiger partial charge in [0.2, 0.25) is 11.9 Å². The maximum atomic E-state index is 13.4. The van der Waals surface area contributed by atoms with E-state index in [0.29, 0.717) is 41.7 Å². The monoisotopic (exact) mass is 584 g/mol. The normalized spacial score (nSPS) is 11.0. The van der Waals surface area contributed by atoms with Gasteiger partial charge in [-0.1, -0.05) is 24.8 Å². The van der Waals surface area contributed by atoms with Crippen LogP contribution in [0, 0.1) is 6.92 Å². The fraction of sp³-hybridized carbons (Fsp3) is 0.312. The first-order valence-corrected chi connectivity index (χ1v) is 14.0. The van der Waals surface area contributed by atoms with Crippen molar-refractivity contribution >= 4 is 45.7 Å². The number of likely N-dealkylation sites (N-methyl/N-ethyl adjacent to an activating group) is 2. The Morgan fingerprint density at radius 2 is 1.86 bits per heavy atom. The molecule has 226 valence electrons. The molecule has 0 spiro atoms. The number of carbonyl (C=O) groups is 2. The average Bonchev–Trinajstić information content (AvgIpc) is 3.29. The first-order valence-electron chi connectivity index (χ1n) is 14.0. The summed E-state index contributed by atoms with van der Waals surface area (Å²) in [4.78, 5) is 39.2. The van der Waals surface area contributed by atoms with Crippen LogP contribution in [0.25, 0.3) is 22.2 Å². The molecule has 0 radical (unpaired) electrons. The van der Waals surface area contributed by atoms with Crippen LogP contribution >= 0.6 is 0 Å². The van der Waals surface area contributed by atoms with E-state index in [2.05, 4.69) is 37.3 Å². The van der Waals surface area contributed by atoms with E-state index in [1.54, 1.807) is 19.4 Å². The predicted octanol–water partition coefficient (Wildman–Crippen LogP) is 4.19. The van der Waals surface area contributed by atoms with Crippen molar-refractivity contribution in [2.24, 2.45) is 7.05 Å². The number of aromatic nitrogens is 3. The van der Waals surface area contributed by atoms with Gasteiger partial charge in [-0.3, -0.25) is 9.59 Å². The van der Waals surface area contributed by atoms with Crippen molar-refractivity contribution in [3.8, 4) is 11.3 Å². The molecule has 4 rings (SSSR count). The minimum atomic E-state index is -0.303. The van der Waals surface area contributed by atoms with Gasteiger partial charge in [-0.2, -0.15) is 0 Å². The summed E-state index contributed by atoms with van der Waals surface area (Å²) in [5.41, 5.74) is 5.93. The van der Waals surface area contributed by atoms with E-state index in [4.69, 9.17) is 9.72 Å². The van der Waals surface area contributed by atoms with Crippen LogP contribution in [0.5, 0.6) is 0 Å². The molecule has 0 aliphatic carbocycles. The smallest absolute Gasteiger partial charge is 0.268 e. The molecule has 0 saturated heterocycles. The summed E-state index contributed by atoms with van der Waals surface area (Å²) < 4.78 is 6.99. The van der Waals surface area contributed by atoms with Crippen LogP contribution in [0.4, 0.5) is 23.0 Å². The number of carbonyl (C=O) groups excluding carboxylic acids is 2. The standard InChI is InChI=1S/C32H40N8O3/c1-8-28(41)35-25-20-24(21(2)19-27(25)39(5)17-16-38(3)4)37-32-34-14-13-23(36-32)29-22-11-9-10-12-26(22)40(6)30(29)31(42)33-15-18-43-7/h8-14,19-20H,1,15-18H2,2-7H3,(H,33,42)(H,35,41)(H,34,36,37). The fourth-order valence-electron chi connectivity index (χ4n) is 4.84. The quantitative estimate of drug-likeness (QED) is 0.158. The van der Waals surface area contributed by atoms with Crippen molar-refractivity contribution < 1.29 is 14.3 Å². The molecule has 0 aliphatic rings. The lowest BCUT2D eigenvalue weighted by Gasteiger charge is -2.25. The zero-order chi connectivity index (χ0) is 31.1. The van der Waals surface area contributed by atoms with Gasteiger partial charge in [-0.15, -0.1) is 0 Å². The molecule has 0 fully saturated rings. The van der Waals surface area contributed by atoms with Gasteiger partial charge in [0.15, 0.2) is 0 Å². The second-order valence-corrected chi connectivity index (χ2v) is 10.5. The van der Waals surface area contributed by atoms with Gasteiger partial charge in [0.25, 0.3) is 5.91 Å². The van der Waals surface area contributed by atoms with Crippen molar-refractivity contribution in [2.75, 3.05) is 70.0 Å². The first kappa shape index (κ1) is 31.2. The van der Waals surface area contributed by atoms with Crippen LogP contribution in [0.3, 0.4) is 0 Å². The number of ether oxygens (including phenoxy) is 1. The molecule has 4 aromatic rings. The summed E-state index contributed by atoms with van der Waals surface area (Å²) in [5, 5.41) is 10.1. The molecule has 0 atom stereocenters. The van der Waals surface area contributed by atoms with Crippen LogP contribution in [-0.4, -0.2) is 85.7 Å². The van der Waals surface area contributed by atoms with Gasteiger partial charge in [0.1, 0.15) is 5.69 Å². The molecule has 11 heteroatoms. The Labute approximate surface area is 252 Å². The van der Waals surface area contributed by atoms with E-state index in [9.17, 15) is 9.59 Å². The Hall–Kier alpha value is -4.74. The van der Waals surface area contributed by atoms with Gasteiger partial charge >= 0.3 is 0 Å². The van der Waals surface area contributed by atoms with Crippen molar-refractivity contribution in [3.05, 3.63) is 72.6 Å². The largest absolute Gasteiger partial charge is 0.383 e. The Morgan fingerprint density at radius 3 is 2.58 bits per heavy atom. The number of anilines is 4. The summed E-state index contributed by atoms with van der Waals surface area (Å²) in [6.07, 6.45) is 2.91. The summed E-state index contributed by atoms with van der Waals surface area (Å²) in [5.74, 6) is -0.164. The van der Waals surface area contributed by atoms with Crippen LogP contribution in [0.1, 0.15) is 16.1 Å². The van der Waals surface area contributed by atoms with E-state index < -0.39 is 0 Å². The summed E-state index contributed by atoms with van der Waals surface area (Å²) in [6.45, 7) is 8.00. The minimum Gasteiger partial charge on any atom is -0.383 e. The van der Waals surface area contributed by atoms with Crippen LogP contribution in [0.15, 0.2) is 61.3 Å². The number of rotatable bonds is 13. The molecule has 0 aliphatic heterocycles. The average molecular weight is 585 g/mol. The minimum absolute atomic E-state index is 0.216. The highest BCUT2D eigenvalue weighted by Crippen LogP contribution is 2.35. The zero-order valence-electron chi connectivity index (χ0n) is 25.7. The molecule has 2 aromatic heterocycles. The van der Waals surface area contributed by atoms with Gasteiger partial charge in [0.05, 0.1) is 23.7 Å². The number of nitrogens with one attached hydrogen (secondary N) is 3. The lowest BCUT2D eigenvalue weighted by Crippen LogP contribution is -2.29. The van der Waals surface area contributed by atoms with Crippen LogP contribution < -0.4 is 20.9 Å². The van der Waals surface area contributed by atoms with Crippen LogP contribution in [-0.2, 0) is 16.6 Å². The second kappa shape index (κ2) is 14.0.